The number of aryl methyl sites for hydroxylation is 1. The van der Waals surface area contributed by atoms with Crippen LogP contribution in [0.15, 0.2) is 52.9 Å². The zero-order chi connectivity index (χ0) is 31.3. The smallest absolute Gasteiger partial charge is 0.262 e. The lowest BCUT2D eigenvalue weighted by atomic mass is 9.64. The number of allylic oxidation sites excluding steroid dienone is 4. The summed E-state index contributed by atoms with van der Waals surface area (Å²) in [5.41, 5.74) is 6.12. The minimum absolute atomic E-state index is 0.0328. The number of carbonyl (C=O) groups is 3. The van der Waals surface area contributed by atoms with Crippen LogP contribution in [0.25, 0.3) is 0 Å². The van der Waals surface area contributed by atoms with E-state index in [1.165, 1.54) is 0 Å². The summed E-state index contributed by atoms with van der Waals surface area (Å²) < 4.78 is 11.9. The average molecular weight is 605 g/mol. The fourth-order valence-electron chi connectivity index (χ4n) is 6.59. The molecule has 0 spiro atoms. The largest absolute Gasteiger partial charge is 0.490 e. The molecule has 2 aromatic carbocycles. The van der Waals surface area contributed by atoms with E-state index < -0.39 is 5.92 Å². The Morgan fingerprint density at radius 1 is 0.953 bits per heavy atom. The predicted octanol–water partition coefficient (Wildman–Crippen LogP) is 7.35. The average Bonchev–Trinajstić information content (AvgIpc) is 2.88. The molecular formula is C35H41ClN2O5. The molecule has 0 unspecified atom stereocenters. The van der Waals surface area contributed by atoms with Crippen LogP contribution in [-0.2, 0) is 14.4 Å². The van der Waals surface area contributed by atoms with Crippen molar-refractivity contribution in [3.05, 3.63) is 74.6 Å². The highest BCUT2D eigenvalue weighted by molar-refractivity contribution is 6.32. The second kappa shape index (κ2) is 11.5. The molecule has 0 saturated carbocycles. The van der Waals surface area contributed by atoms with Crippen molar-refractivity contribution < 1.29 is 23.9 Å². The van der Waals surface area contributed by atoms with Gasteiger partial charge in [0.15, 0.2) is 29.7 Å². The quantitative estimate of drug-likeness (QED) is 0.343. The van der Waals surface area contributed by atoms with E-state index in [0.29, 0.717) is 54.7 Å². The van der Waals surface area contributed by atoms with Crippen molar-refractivity contribution in [2.24, 2.45) is 10.8 Å². The van der Waals surface area contributed by atoms with Gasteiger partial charge in [0.1, 0.15) is 0 Å². The van der Waals surface area contributed by atoms with E-state index in [1.54, 1.807) is 12.1 Å². The van der Waals surface area contributed by atoms with Crippen LogP contribution in [0.4, 0.5) is 5.69 Å². The summed E-state index contributed by atoms with van der Waals surface area (Å²) in [5.74, 6) is -0.217. The number of hydrogen-bond acceptors (Lipinski definition) is 6. The second-order valence-electron chi connectivity index (χ2n) is 13.6. The lowest BCUT2D eigenvalue weighted by Gasteiger charge is -2.44. The van der Waals surface area contributed by atoms with Gasteiger partial charge in [0.2, 0.25) is 0 Å². The Hall–Kier alpha value is -3.58. The molecule has 43 heavy (non-hydrogen) atoms. The van der Waals surface area contributed by atoms with Crippen molar-refractivity contribution in [3.8, 4) is 11.5 Å². The third kappa shape index (κ3) is 6.23. The van der Waals surface area contributed by atoms with E-state index in [4.69, 9.17) is 21.1 Å². The van der Waals surface area contributed by atoms with Gasteiger partial charge in [-0.05, 0) is 79.3 Å². The van der Waals surface area contributed by atoms with Crippen molar-refractivity contribution in [2.45, 2.75) is 80.1 Å². The molecule has 2 aromatic rings. The van der Waals surface area contributed by atoms with Crippen LogP contribution in [0.1, 0.15) is 82.9 Å². The predicted molar refractivity (Wildman–Crippen MR) is 169 cm³/mol. The number of ketones is 2. The number of carbonyl (C=O) groups excluding carboxylic acids is 3. The summed E-state index contributed by atoms with van der Waals surface area (Å²) in [7, 11) is 0. The van der Waals surface area contributed by atoms with Crippen molar-refractivity contribution >= 4 is 34.8 Å². The van der Waals surface area contributed by atoms with Crippen molar-refractivity contribution in [1.82, 2.24) is 5.32 Å². The number of dihydropyridines is 1. The molecule has 0 fully saturated rings. The number of amides is 1. The van der Waals surface area contributed by atoms with Crippen LogP contribution < -0.4 is 20.1 Å². The molecule has 7 nitrogen and oxygen atoms in total. The maximum absolute atomic E-state index is 13.7. The monoisotopic (exact) mass is 604 g/mol. The summed E-state index contributed by atoms with van der Waals surface area (Å²) in [4.78, 5) is 40.2. The highest BCUT2D eigenvalue weighted by Crippen LogP contribution is 2.52. The fraction of sp³-hybridized carbons (Fsp3) is 0.457. The van der Waals surface area contributed by atoms with E-state index in [1.807, 2.05) is 39.0 Å². The number of nitrogens with one attached hydrogen (secondary N) is 2. The summed E-state index contributed by atoms with van der Waals surface area (Å²) in [6.07, 6.45) is 2.21. The zero-order valence-corrected chi connectivity index (χ0v) is 26.9. The molecule has 1 heterocycles. The Bertz CT molecular complexity index is 1530. The summed E-state index contributed by atoms with van der Waals surface area (Å²) in [6, 6.07) is 9.27. The van der Waals surface area contributed by atoms with Crippen molar-refractivity contribution in [1.29, 1.82) is 0 Å². The SMILES string of the molecule is CCOc1cc(C2C3=C(CC(C)(C)CC3=O)NC3=C2C(=O)CC(C)(C)C3)cc(Cl)c1OCC(=O)Nc1cccc(C)c1C. The number of hydrogen-bond donors (Lipinski definition) is 2. The van der Waals surface area contributed by atoms with Crippen LogP contribution in [0.2, 0.25) is 5.02 Å². The van der Waals surface area contributed by atoms with Gasteiger partial charge in [-0.1, -0.05) is 51.4 Å². The fourth-order valence-corrected chi connectivity index (χ4v) is 6.86. The van der Waals surface area contributed by atoms with Gasteiger partial charge in [0, 0.05) is 47.0 Å². The number of Topliss-reactive ketones (excluding diaryl/α,β-unsaturated/α-hetero) is 2. The van der Waals surface area contributed by atoms with Crippen LogP contribution >= 0.6 is 11.6 Å². The number of ether oxygens (including phenoxy) is 2. The number of anilines is 1. The molecule has 0 radical (unpaired) electrons. The maximum atomic E-state index is 13.7. The molecule has 2 N–H and O–H groups in total. The van der Waals surface area contributed by atoms with Crippen LogP contribution in [0.3, 0.4) is 0 Å². The molecule has 8 heteroatoms. The minimum atomic E-state index is -0.559. The van der Waals surface area contributed by atoms with Gasteiger partial charge in [-0.25, -0.2) is 0 Å². The number of rotatable bonds is 7. The topological polar surface area (TPSA) is 93.7 Å². The Morgan fingerprint density at radius 2 is 1.56 bits per heavy atom. The Morgan fingerprint density at radius 3 is 2.14 bits per heavy atom. The molecule has 1 amide bonds. The van der Waals surface area contributed by atoms with E-state index in [2.05, 4.69) is 38.3 Å². The normalized spacial score (nSPS) is 19.4. The molecule has 3 aliphatic rings. The standard InChI is InChI=1S/C35H41ClN2O5/c1-8-42-28-13-21(12-22(36)33(28)43-18-29(41)38-23-11-9-10-19(2)20(23)3)30-31-24(14-34(4,5)16-26(31)39)37-25-15-35(6,7)17-27(40)32(25)30/h9-13,30,37H,8,14-18H2,1-7H3,(H,38,41). The van der Waals surface area contributed by atoms with E-state index in [-0.39, 0.29) is 45.7 Å². The Kier molecular flexibility index (Phi) is 8.25. The highest BCUT2D eigenvalue weighted by Gasteiger charge is 2.46. The number of benzene rings is 2. The molecule has 0 aromatic heterocycles. The van der Waals surface area contributed by atoms with E-state index in [9.17, 15) is 14.4 Å². The summed E-state index contributed by atoms with van der Waals surface area (Å²) in [6.45, 7) is 14.2. The first-order chi connectivity index (χ1) is 20.2. The van der Waals surface area contributed by atoms with Crippen LogP contribution in [-0.4, -0.2) is 30.7 Å². The molecule has 5 rings (SSSR count). The molecule has 1 aliphatic heterocycles. The molecule has 2 aliphatic carbocycles. The lowest BCUT2D eigenvalue weighted by Crippen LogP contribution is -2.42. The van der Waals surface area contributed by atoms with Crippen LogP contribution in [0, 0.1) is 24.7 Å². The molecule has 0 saturated heterocycles. The van der Waals surface area contributed by atoms with Crippen LogP contribution in [0.5, 0.6) is 11.5 Å². The molecule has 228 valence electrons. The van der Waals surface area contributed by atoms with Gasteiger partial charge in [-0.2, -0.15) is 0 Å². The minimum Gasteiger partial charge on any atom is -0.490 e. The molecule has 0 bridgehead atoms. The maximum Gasteiger partial charge on any atom is 0.262 e. The van der Waals surface area contributed by atoms with E-state index >= 15 is 0 Å². The van der Waals surface area contributed by atoms with Gasteiger partial charge in [-0.3, -0.25) is 14.4 Å². The zero-order valence-electron chi connectivity index (χ0n) is 26.1. The van der Waals surface area contributed by atoms with Crippen molar-refractivity contribution in [2.75, 3.05) is 18.5 Å². The summed E-state index contributed by atoms with van der Waals surface area (Å²) >= 11 is 6.84. The first-order valence-corrected chi connectivity index (χ1v) is 15.3. The third-order valence-corrected chi connectivity index (χ3v) is 8.89. The molecule has 0 atom stereocenters. The number of halogens is 1. The lowest BCUT2D eigenvalue weighted by molar-refractivity contribution is -0.119. The highest BCUT2D eigenvalue weighted by atomic mass is 35.5. The molecular weight excluding hydrogens is 564 g/mol. The third-order valence-electron chi connectivity index (χ3n) is 8.61. The van der Waals surface area contributed by atoms with Gasteiger partial charge < -0.3 is 20.1 Å². The first kappa shape index (κ1) is 30.9. The first-order valence-electron chi connectivity index (χ1n) is 14.9. The van der Waals surface area contributed by atoms with E-state index in [0.717, 1.165) is 28.2 Å². The summed E-state index contributed by atoms with van der Waals surface area (Å²) in [5, 5.41) is 6.68. The van der Waals surface area contributed by atoms with Crippen molar-refractivity contribution in [3.63, 3.8) is 0 Å². The second-order valence-corrected chi connectivity index (χ2v) is 14.0. The van der Waals surface area contributed by atoms with Gasteiger partial charge in [0.25, 0.3) is 5.91 Å². The van der Waals surface area contributed by atoms with Gasteiger partial charge in [-0.15, -0.1) is 0 Å². The van der Waals surface area contributed by atoms with Gasteiger partial charge in [0.05, 0.1) is 11.6 Å². The Balaban J connectivity index is 1.52. The Labute approximate surface area is 259 Å². The van der Waals surface area contributed by atoms with Gasteiger partial charge >= 0.3 is 0 Å².